The number of rotatable bonds is 7. The van der Waals surface area contributed by atoms with Gasteiger partial charge in [0.2, 0.25) is 5.91 Å². The van der Waals surface area contributed by atoms with Crippen molar-refractivity contribution >= 4 is 45.1 Å². The highest BCUT2D eigenvalue weighted by Crippen LogP contribution is 2.38. The van der Waals surface area contributed by atoms with Gasteiger partial charge in [0.15, 0.2) is 0 Å². The van der Waals surface area contributed by atoms with Crippen molar-refractivity contribution in [2.45, 2.75) is 37.6 Å². The molecule has 0 saturated heterocycles. The van der Waals surface area contributed by atoms with Gasteiger partial charge in [-0.05, 0) is 45.4 Å². The number of thiophene rings is 1. The van der Waals surface area contributed by atoms with Crippen LogP contribution in [0.1, 0.15) is 34.6 Å². The van der Waals surface area contributed by atoms with Gasteiger partial charge in [-0.15, -0.1) is 11.3 Å². The van der Waals surface area contributed by atoms with Crippen LogP contribution in [0.4, 0.5) is 0 Å². The molecule has 0 aliphatic rings. The van der Waals surface area contributed by atoms with Crippen LogP contribution in [0.25, 0.3) is 10.2 Å². The average Bonchev–Trinajstić information content (AvgIpc) is 3.03. The van der Waals surface area contributed by atoms with Gasteiger partial charge in [0.1, 0.15) is 16.2 Å². The quantitative estimate of drug-likeness (QED) is 0.508. The number of carbonyl (C=O) groups excluding carboxylic acids is 2. The number of hydrogen-bond donors (Lipinski definition) is 0. The van der Waals surface area contributed by atoms with Crippen LogP contribution in [0.5, 0.6) is 0 Å². The maximum absolute atomic E-state index is 13.1. The summed E-state index contributed by atoms with van der Waals surface area (Å²) >= 11 is 3.11. The van der Waals surface area contributed by atoms with Crippen molar-refractivity contribution in [2.24, 2.45) is 0 Å². The molecule has 0 radical (unpaired) electrons. The van der Waals surface area contributed by atoms with Crippen LogP contribution in [0.2, 0.25) is 0 Å². The Morgan fingerprint density at radius 1 is 1.10 bits per heavy atom. The van der Waals surface area contributed by atoms with E-state index in [-0.39, 0.29) is 18.4 Å². The molecule has 2 amide bonds. The van der Waals surface area contributed by atoms with Gasteiger partial charge in [0.05, 0.1) is 12.1 Å². The maximum atomic E-state index is 13.1. The Hall–Kier alpha value is -2.45. The fourth-order valence-electron chi connectivity index (χ4n) is 3.22. The first-order valence-corrected chi connectivity index (χ1v) is 11.5. The van der Waals surface area contributed by atoms with E-state index in [0.29, 0.717) is 18.7 Å². The molecule has 0 atom stereocenters. The van der Waals surface area contributed by atoms with Crippen molar-refractivity contribution < 1.29 is 9.59 Å². The molecule has 30 heavy (non-hydrogen) atoms. The first-order chi connectivity index (χ1) is 14.4. The molecule has 0 unspecified atom stereocenters. The predicted molar refractivity (Wildman–Crippen MR) is 122 cm³/mol. The van der Waals surface area contributed by atoms with Gasteiger partial charge in [0, 0.05) is 35.3 Å². The van der Waals surface area contributed by atoms with Gasteiger partial charge < -0.3 is 9.80 Å². The zero-order valence-electron chi connectivity index (χ0n) is 17.9. The molecule has 6 nitrogen and oxygen atoms in total. The Morgan fingerprint density at radius 3 is 2.50 bits per heavy atom. The van der Waals surface area contributed by atoms with Gasteiger partial charge in [0.25, 0.3) is 5.91 Å². The lowest BCUT2D eigenvalue weighted by molar-refractivity contribution is -0.131. The van der Waals surface area contributed by atoms with Crippen molar-refractivity contribution in [2.75, 3.05) is 26.7 Å². The fourth-order valence-corrected chi connectivity index (χ4v) is 5.35. The Morgan fingerprint density at radius 2 is 1.80 bits per heavy atom. The third-order valence-corrected chi connectivity index (χ3v) is 7.28. The minimum absolute atomic E-state index is 0.0529. The van der Waals surface area contributed by atoms with Gasteiger partial charge >= 0.3 is 0 Å². The molecule has 3 rings (SSSR count). The van der Waals surface area contributed by atoms with E-state index in [2.05, 4.69) is 23.8 Å². The molecule has 0 aliphatic heterocycles. The molecule has 0 aliphatic carbocycles. The number of amides is 2. The third-order valence-electron chi connectivity index (χ3n) is 5.09. The van der Waals surface area contributed by atoms with E-state index in [1.807, 2.05) is 32.0 Å². The summed E-state index contributed by atoms with van der Waals surface area (Å²) in [6, 6.07) is 7.46. The van der Waals surface area contributed by atoms with Crippen molar-refractivity contribution in [3.8, 4) is 0 Å². The number of carbonyl (C=O) groups is 2. The number of fused-ring (bicyclic) bond motifs is 1. The van der Waals surface area contributed by atoms with Gasteiger partial charge in [-0.3, -0.25) is 9.59 Å². The number of aryl methyl sites for hydroxylation is 2. The van der Waals surface area contributed by atoms with Crippen molar-refractivity contribution in [1.82, 2.24) is 19.8 Å². The molecule has 158 valence electrons. The second kappa shape index (κ2) is 9.57. The molecule has 0 saturated carbocycles. The zero-order chi connectivity index (χ0) is 21.8. The third kappa shape index (κ3) is 4.49. The lowest BCUT2D eigenvalue weighted by Crippen LogP contribution is -2.41. The van der Waals surface area contributed by atoms with E-state index >= 15 is 0 Å². The van der Waals surface area contributed by atoms with Crippen LogP contribution in [-0.2, 0) is 4.79 Å². The molecule has 8 heteroatoms. The minimum atomic E-state index is -0.179. The SMILES string of the molecule is CCN(CC)C(=O)CN(C)C(=O)c1ccccc1Sc1ncnc2sc(C)c(C)c12. The summed E-state index contributed by atoms with van der Waals surface area (Å²) < 4.78 is 0. The molecule has 1 aromatic carbocycles. The number of benzene rings is 1. The summed E-state index contributed by atoms with van der Waals surface area (Å²) in [5.74, 6) is -0.231. The van der Waals surface area contributed by atoms with E-state index in [9.17, 15) is 9.59 Å². The summed E-state index contributed by atoms with van der Waals surface area (Å²) in [4.78, 5) is 40.6. The molecule has 0 fully saturated rings. The lowest BCUT2D eigenvalue weighted by atomic mass is 10.2. The first kappa shape index (κ1) is 22.2. The normalized spacial score (nSPS) is 11.0. The largest absolute Gasteiger partial charge is 0.342 e. The molecule has 2 aromatic heterocycles. The van der Waals surface area contributed by atoms with E-state index in [1.54, 1.807) is 35.7 Å². The average molecular weight is 443 g/mol. The van der Waals surface area contributed by atoms with Crippen LogP contribution in [0, 0.1) is 13.8 Å². The summed E-state index contributed by atoms with van der Waals surface area (Å²) in [5, 5.41) is 1.88. The molecular weight excluding hydrogens is 416 g/mol. The smallest absolute Gasteiger partial charge is 0.255 e. The van der Waals surface area contributed by atoms with E-state index < -0.39 is 0 Å². The van der Waals surface area contributed by atoms with E-state index in [4.69, 9.17) is 0 Å². The maximum Gasteiger partial charge on any atom is 0.255 e. The number of likely N-dealkylation sites (N-methyl/N-ethyl adjacent to an activating group) is 2. The van der Waals surface area contributed by atoms with Crippen molar-refractivity contribution in [3.05, 3.63) is 46.6 Å². The summed E-state index contributed by atoms with van der Waals surface area (Å²) in [7, 11) is 1.67. The van der Waals surface area contributed by atoms with Crippen molar-refractivity contribution in [1.29, 1.82) is 0 Å². The van der Waals surface area contributed by atoms with Gasteiger partial charge in [-0.2, -0.15) is 0 Å². The van der Waals surface area contributed by atoms with Gasteiger partial charge in [-0.1, -0.05) is 23.9 Å². The van der Waals surface area contributed by atoms with Crippen LogP contribution in [0.3, 0.4) is 0 Å². The Balaban J connectivity index is 1.88. The van der Waals surface area contributed by atoms with E-state index in [0.717, 1.165) is 20.1 Å². The Bertz CT molecular complexity index is 1080. The summed E-state index contributed by atoms with van der Waals surface area (Å²) in [6.07, 6.45) is 1.57. The van der Waals surface area contributed by atoms with Crippen molar-refractivity contribution in [3.63, 3.8) is 0 Å². The van der Waals surface area contributed by atoms with Crippen LogP contribution in [0.15, 0.2) is 40.5 Å². The molecule has 3 aromatic rings. The number of aromatic nitrogens is 2. The fraction of sp³-hybridized carbons (Fsp3) is 0.364. The highest BCUT2D eigenvalue weighted by atomic mass is 32.2. The summed E-state index contributed by atoms with van der Waals surface area (Å²) in [5.41, 5.74) is 1.73. The highest BCUT2D eigenvalue weighted by Gasteiger charge is 2.21. The minimum Gasteiger partial charge on any atom is -0.342 e. The number of nitrogens with zero attached hydrogens (tertiary/aromatic N) is 4. The number of hydrogen-bond acceptors (Lipinski definition) is 6. The standard InChI is InChI=1S/C22H26N4O2S2/c1-6-26(7-2)18(27)12-25(5)22(28)16-10-8-9-11-17(16)30-21-19-14(3)15(4)29-20(19)23-13-24-21/h8-11,13H,6-7,12H2,1-5H3. The second-order valence-electron chi connectivity index (χ2n) is 6.97. The first-order valence-electron chi connectivity index (χ1n) is 9.88. The monoisotopic (exact) mass is 442 g/mol. The molecule has 0 N–H and O–H groups in total. The molecule has 0 spiro atoms. The lowest BCUT2D eigenvalue weighted by Gasteiger charge is -2.23. The predicted octanol–water partition coefficient (Wildman–Crippen LogP) is 4.40. The molecule has 2 heterocycles. The molecular formula is C22H26N4O2S2. The topological polar surface area (TPSA) is 66.4 Å². The van der Waals surface area contributed by atoms with E-state index in [1.165, 1.54) is 27.1 Å². The second-order valence-corrected chi connectivity index (χ2v) is 9.20. The van der Waals surface area contributed by atoms with Crippen LogP contribution < -0.4 is 0 Å². The Labute approximate surface area is 185 Å². The van der Waals surface area contributed by atoms with Gasteiger partial charge in [-0.25, -0.2) is 9.97 Å². The van der Waals surface area contributed by atoms with Crippen LogP contribution in [-0.4, -0.2) is 58.3 Å². The summed E-state index contributed by atoms with van der Waals surface area (Å²) in [6.45, 7) is 9.35. The van der Waals surface area contributed by atoms with Crippen LogP contribution >= 0.6 is 23.1 Å². The Kier molecular flexibility index (Phi) is 7.10. The zero-order valence-corrected chi connectivity index (χ0v) is 19.6. The highest BCUT2D eigenvalue weighted by molar-refractivity contribution is 7.99. The molecule has 0 bridgehead atoms.